The van der Waals surface area contributed by atoms with Crippen LogP contribution in [0.2, 0.25) is 0 Å². The molecule has 0 saturated carbocycles. The summed E-state index contributed by atoms with van der Waals surface area (Å²) >= 11 is 0. The van der Waals surface area contributed by atoms with Gasteiger partial charge in [-0.1, -0.05) is 73.3 Å². The molecule has 5 heterocycles. The van der Waals surface area contributed by atoms with Crippen LogP contribution in [0.25, 0.3) is 107 Å². The molecule has 11 rings (SSSR count). The van der Waals surface area contributed by atoms with E-state index in [9.17, 15) is 0 Å². The zero-order valence-corrected chi connectivity index (χ0v) is 30.7. The molecule has 0 atom stereocenters. The Bertz CT molecular complexity index is 3200. The van der Waals surface area contributed by atoms with E-state index in [1.807, 2.05) is 85.2 Å². The number of fused-ring (bicyclic) bond motifs is 6. The van der Waals surface area contributed by atoms with E-state index in [0.717, 1.165) is 89.0 Å². The summed E-state index contributed by atoms with van der Waals surface area (Å²) < 4.78 is 16.6. The number of nitrogens with zero attached hydrogens (tertiary/aromatic N) is 7. The van der Waals surface area contributed by atoms with E-state index >= 15 is 0 Å². The van der Waals surface area contributed by atoms with Crippen LogP contribution in [-0.2, 0) is 0 Å². The van der Waals surface area contributed by atoms with Gasteiger partial charge in [-0.05, 0) is 96.6 Å². The molecule has 0 radical (unpaired) electrons. The minimum absolute atomic E-state index is 0.523. The summed E-state index contributed by atoms with van der Waals surface area (Å²) in [6.45, 7) is 5.94. The zero-order valence-electron chi connectivity index (χ0n) is 30.7. The fourth-order valence-corrected chi connectivity index (χ4v) is 7.71. The number of imidazole rings is 1. The highest BCUT2D eigenvalue weighted by molar-refractivity contribution is 6.11. The Hall–Kier alpha value is -7.91. The molecule has 270 valence electrons. The number of hydrogen-bond donors (Lipinski definition) is 0. The fourth-order valence-electron chi connectivity index (χ4n) is 7.71. The predicted molar refractivity (Wildman–Crippen MR) is 226 cm³/mol. The second kappa shape index (κ2) is 12.9. The van der Waals surface area contributed by atoms with E-state index in [4.69, 9.17) is 33.8 Å². The quantitative estimate of drug-likeness (QED) is 0.150. The van der Waals surface area contributed by atoms with E-state index in [0.29, 0.717) is 17.7 Å². The molecule has 0 amide bonds. The summed E-state index contributed by atoms with van der Waals surface area (Å²) in [5.41, 5.74) is 10.3. The van der Waals surface area contributed by atoms with Gasteiger partial charge in [0.1, 0.15) is 16.9 Å². The first kappa shape index (κ1) is 32.5. The lowest BCUT2D eigenvalue weighted by atomic mass is 10.1. The van der Waals surface area contributed by atoms with Crippen molar-refractivity contribution in [2.45, 2.75) is 6.92 Å². The van der Waals surface area contributed by atoms with Gasteiger partial charge in [0.15, 0.2) is 11.2 Å². The molecule has 9 heteroatoms. The highest BCUT2D eigenvalue weighted by Crippen LogP contribution is 2.38. The number of allylic oxidation sites excluding steroid dienone is 2. The third-order valence-electron chi connectivity index (χ3n) is 10.5. The van der Waals surface area contributed by atoms with Crippen molar-refractivity contribution in [1.82, 2.24) is 34.1 Å². The minimum atomic E-state index is 0.523. The first-order chi connectivity index (χ1) is 28.1. The molecule has 0 aliphatic rings. The largest absolute Gasteiger partial charge is 0.436 e. The Morgan fingerprint density at radius 2 is 1.18 bits per heavy atom. The van der Waals surface area contributed by atoms with Gasteiger partial charge in [-0.25, -0.2) is 24.9 Å². The molecular formula is C48H31N7O2. The fraction of sp³-hybridized carbons (Fsp3) is 0.0208. The normalized spacial score (nSPS) is 11.9. The highest BCUT2D eigenvalue weighted by Gasteiger charge is 2.21. The maximum atomic E-state index is 6.20. The van der Waals surface area contributed by atoms with Crippen molar-refractivity contribution in [2.75, 3.05) is 0 Å². The monoisotopic (exact) mass is 737 g/mol. The number of oxazole rings is 2. The van der Waals surface area contributed by atoms with Crippen LogP contribution in [0, 0.1) is 6.92 Å². The van der Waals surface area contributed by atoms with Crippen molar-refractivity contribution < 1.29 is 8.83 Å². The number of rotatable bonds is 7. The summed E-state index contributed by atoms with van der Waals surface area (Å²) in [5, 5.41) is 4.29. The van der Waals surface area contributed by atoms with Crippen LogP contribution in [0.1, 0.15) is 11.4 Å². The van der Waals surface area contributed by atoms with Crippen LogP contribution in [0.4, 0.5) is 0 Å². The molecule has 0 aliphatic carbocycles. The summed E-state index contributed by atoms with van der Waals surface area (Å²) in [6, 6.07) is 42.8. The van der Waals surface area contributed by atoms with Crippen molar-refractivity contribution in [3.63, 3.8) is 0 Å². The molecule has 0 fully saturated rings. The van der Waals surface area contributed by atoms with Crippen LogP contribution in [0.5, 0.6) is 0 Å². The lowest BCUT2D eigenvalue weighted by Gasteiger charge is -2.12. The predicted octanol–water partition coefficient (Wildman–Crippen LogP) is 11.7. The van der Waals surface area contributed by atoms with E-state index < -0.39 is 0 Å². The van der Waals surface area contributed by atoms with Crippen LogP contribution in [0.3, 0.4) is 0 Å². The Kier molecular flexibility index (Phi) is 7.33. The molecule has 0 saturated heterocycles. The minimum Gasteiger partial charge on any atom is -0.436 e. The van der Waals surface area contributed by atoms with Crippen molar-refractivity contribution >= 4 is 60.9 Å². The molecule has 11 aromatic rings. The van der Waals surface area contributed by atoms with Gasteiger partial charge < -0.3 is 8.83 Å². The first-order valence-corrected chi connectivity index (χ1v) is 18.6. The maximum Gasteiger partial charge on any atom is 0.234 e. The van der Waals surface area contributed by atoms with Gasteiger partial charge in [0.05, 0.1) is 22.3 Å². The molecule has 0 unspecified atom stereocenters. The van der Waals surface area contributed by atoms with E-state index in [1.165, 1.54) is 5.39 Å². The van der Waals surface area contributed by atoms with Gasteiger partial charge in [0.25, 0.3) is 0 Å². The number of para-hydroxylation sites is 4. The topological polar surface area (TPSA) is 101 Å². The van der Waals surface area contributed by atoms with Gasteiger partial charge in [-0.3, -0.25) is 9.13 Å². The lowest BCUT2D eigenvalue weighted by molar-refractivity contribution is 0.619. The third-order valence-corrected chi connectivity index (χ3v) is 10.5. The molecule has 0 spiro atoms. The molecule has 9 nitrogen and oxygen atoms in total. The maximum absolute atomic E-state index is 6.20. The van der Waals surface area contributed by atoms with Crippen molar-refractivity contribution in [3.8, 4) is 45.9 Å². The second-order valence-corrected chi connectivity index (χ2v) is 13.9. The second-order valence-electron chi connectivity index (χ2n) is 13.9. The molecule has 57 heavy (non-hydrogen) atoms. The van der Waals surface area contributed by atoms with Gasteiger partial charge in [-0.15, -0.1) is 0 Å². The number of benzene rings is 6. The Morgan fingerprint density at radius 3 is 1.79 bits per heavy atom. The number of aromatic nitrogens is 7. The number of hydrogen-bond acceptors (Lipinski definition) is 7. The summed E-state index contributed by atoms with van der Waals surface area (Å²) in [6.07, 6.45) is 9.32. The van der Waals surface area contributed by atoms with E-state index in [1.54, 1.807) is 6.08 Å². The molecule has 0 bridgehead atoms. The summed E-state index contributed by atoms with van der Waals surface area (Å²) in [5.74, 6) is 2.37. The van der Waals surface area contributed by atoms with Crippen molar-refractivity contribution in [1.29, 1.82) is 0 Å². The third kappa shape index (κ3) is 5.36. The van der Waals surface area contributed by atoms with Crippen molar-refractivity contribution in [2.24, 2.45) is 0 Å². The Morgan fingerprint density at radius 1 is 0.579 bits per heavy atom. The molecule has 6 aromatic carbocycles. The van der Waals surface area contributed by atoms with E-state index in [-0.39, 0.29) is 0 Å². The molecule has 5 aromatic heterocycles. The Labute approximate surface area is 325 Å². The van der Waals surface area contributed by atoms with Gasteiger partial charge >= 0.3 is 0 Å². The van der Waals surface area contributed by atoms with Crippen LogP contribution < -0.4 is 0 Å². The van der Waals surface area contributed by atoms with Crippen LogP contribution in [-0.4, -0.2) is 34.1 Å². The zero-order chi connectivity index (χ0) is 38.0. The molecular weight excluding hydrogens is 707 g/mol. The Balaban J connectivity index is 1.07. The molecule has 0 N–H and O–H groups in total. The van der Waals surface area contributed by atoms with Crippen LogP contribution >= 0.6 is 0 Å². The SMILES string of the molecule is C=C/C=C\c1nc(-c2cnc(-n3c4ccc(-c5nc6ccccc6o5)cc4c4cc(-c5nc6ccccc6o5)ccc43)nc2)n(-c2ccc3ccccc3c2)c1C. The smallest absolute Gasteiger partial charge is 0.234 e. The van der Waals surface area contributed by atoms with Gasteiger partial charge in [0.2, 0.25) is 17.7 Å². The van der Waals surface area contributed by atoms with E-state index in [2.05, 4.69) is 89.4 Å². The average molecular weight is 738 g/mol. The first-order valence-electron chi connectivity index (χ1n) is 18.6. The standard InChI is InChI=1S/C48H31N7O2/c1-3-4-13-38-29(2)54(35-21-18-30-11-5-6-12-31(30)24-35)45(51-38)34-27-49-48(50-28-34)55-41-22-19-32(46-52-39-14-7-9-16-43(39)56-46)25-36(41)37-26-33(20-23-42(37)55)47-53-40-15-8-10-17-44(40)57-47/h3-28H,1H2,2H3/b13-4-. The average Bonchev–Trinajstić information content (AvgIpc) is 4.04. The van der Waals surface area contributed by atoms with Gasteiger partial charge in [0, 0.05) is 45.7 Å². The molecule has 0 aliphatic heterocycles. The van der Waals surface area contributed by atoms with Gasteiger partial charge in [-0.2, -0.15) is 0 Å². The van der Waals surface area contributed by atoms with Crippen molar-refractivity contribution in [3.05, 3.63) is 170 Å². The van der Waals surface area contributed by atoms with Crippen LogP contribution in [0.15, 0.2) is 167 Å². The summed E-state index contributed by atoms with van der Waals surface area (Å²) in [7, 11) is 0. The highest BCUT2D eigenvalue weighted by atomic mass is 16.4. The summed E-state index contributed by atoms with van der Waals surface area (Å²) in [4.78, 5) is 24.7. The lowest BCUT2D eigenvalue weighted by Crippen LogP contribution is -2.03.